The summed E-state index contributed by atoms with van der Waals surface area (Å²) in [4.78, 5) is 0.259. The number of rotatable bonds is 5. The van der Waals surface area contributed by atoms with Crippen molar-refractivity contribution in [2.75, 3.05) is 11.7 Å². The molecule has 0 spiro atoms. The molecule has 2 atom stereocenters. The zero-order chi connectivity index (χ0) is 20.5. The Balaban J connectivity index is 1.68. The summed E-state index contributed by atoms with van der Waals surface area (Å²) in [6.45, 7) is 10.6. The maximum atomic E-state index is 12.8. The highest BCUT2D eigenvalue weighted by atomic mass is 32.2. The highest BCUT2D eigenvalue weighted by molar-refractivity contribution is 7.89. The third-order valence-corrected chi connectivity index (χ3v) is 6.54. The van der Waals surface area contributed by atoms with E-state index in [0.29, 0.717) is 5.92 Å². The maximum Gasteiger partial charge on any atom is 0.408 e. The Morgan fingerprint density at radius 2 is 1.93 bits per heavy atom. The maximum absolute atomic E-state index is 12.8. The Labute approximate surface area is 168 Å². The summed E-state index contributed by atoms with van der Waals surface area (Å²) < 4.78 is 39.4. The number of nitrogens with zero attached hydrogens (tertiary/aromatic N) is 2. The fourth-order valence-electron chi connectivity index (χ4n) is 4.18. The number of hydrogen-bond acceptors (Lipinski definition) is 6. The number of hydrogen-bond donors (Lipinski definition) is 1. The molecule has 1 aliphatic heterocycles. The Morgan fingerprint density at radius 1 is 1.25 bits per heavy atom. The molecule has 0 radical (unpaired) electrons. The average molecular weight is 410 g/mol. The van der Waals surface area contributed by atoms with Crippen LogP contribution in [0.5, 0.6) is 0 Å². The van der Waals surface area contributed by atoms with E-state index in [4.69, 9.17) is 9.47 Å². The fourth-order valence-corrected chi connectivity index (χ4v) is 5.43. The molecule has 3 rings (SSSR count). The van der Waals surface area contributed by atoms with Crippen molar-refractivity contribution in [1.29, 1.82) is 0 Å². The summed E-state index contributed by atoms with van der Waals surface area (Å²) in [5, 5.41) is 5.88. The van der Waals surface area contributed by atoms with Gasteiger partial charge in [0.15, 0.2) is 6.73 Å². The largest absolute Gasteiger partial charge is 0.447 e. The van der Waals surface area contributed by atoms with Gasteiger partial charge < -0.3 is 9.47 Å². The van der Waals surface area contributed by atoms with Crippen LogP contribution in [-0.4, -0.2) is 33.4 Å². The lowest BCUT2D eigenvalue weighted by molar-refractivity contribution is 0.146. The van der Waals surface area contributed by atoms with E-state index in [1.54, 1.807) is 29.3 Å². The van der Waals surface area contributed by atoms with Crippen molar-refractivity contribution in [3.8, 4) is 0 Å². The molecule has 1 aliphatic carbocycles. The van der Waals surface area contributed by atoms with Gasteiger partial charge in [0.1, 0.15) is 0 Å². The second-order valence-electron chi connectivity index (χ2n) is 8.93. The second kappa shape index (κ2) is 7.91. The standard InChI is InChI=1S/C20H31N3O4S/c1-14(2)27-19-21-23(13-26-19)17-6-8-18(9-7-17)28(24,25)22-16-10-15(3)11-20(4,5)12-16/h6-9,14-16,22H,10-13H2,1-5H3. The van der Waals surface area contributed by atoms with Crippen molar-refractivity contribution < 1.29 is 17.9 Å². The van der Waals surface area contributed by atoms with Crippen molar-refractivity contribution in [3.63, 3.8) is 0 Å². The topological polar surface area (TPSA) is 80.2 Å². The SMILES string of the molecule is CC1CC(NS(=O)(=O)c2ccc(N3COC(OC(C)C)=N3)cc2)CC(C)(C)C1. The van der Waals surface area contributed by atoms with Gasteiger partial charge in [-0.3, -0.25) is 0 Å². The first-order valence-electron chi connectivity index (χ1n) is 9.82. The van der Waals surface area contributed by atoms with E-state index in [1.165, 1.54) is 0 Å². The molecule has 1 saturated carbocycles. The molecule has 1 aromatic rings. The van der Waals surface area contributed by atoms with Crippen LogP contribution >= 0.6 is 0 Å². The highest BCUT2D eigenvalue weighted by Crippen LogP contribution is 2.39. The molecule has 28 heavy (non-hydrogen) atoms. The van der Waals surface area contributed by atoms with Crippen LogP contribution in [0.4, 0.5) is 5.69 Å². The summed E-state index contributed by atoms with van der Waals surface area (Å²) in [7, 11) is -3.56. The summed E-state index contributed by atoms with van der Waals surface area (Å²) >= 11 is 0. The summed E-state index contributed by atoms with van der Waals surface area (Å²) in [5.74, 6) is 0.508. The minimum absolute atomic E-state index is 0.0234. The average Bonchev–Trinajstić information content (AvgIpc) is 3.00. The van der Waals surface area contributed by atoms with Gasteiger partial charge in [-0.15, -0.1) is 0 Å². The predicted octanol–water partition coefficient (Wildman–Crippen LogP) is 3.67. The van der Waals surface area contributed by atoms with E-state index in [1.807, 2.05) is 13.8 Å². The Kier molecular flexibility index (Phi) is 5.91. The minimum Gasteiger partial charge on any atom is -0.447 e. The Morgan fingerprint density at radius 3 is 2.54 bits per heavy atom. The zero-order valence-corrected chi connectivity index (χ0v) is 18.1. The number of hydrazone groups is 1. The van der Waals surface area contributed by atoms with Gasteiger partial charge >= 0.3 is 6.08 Å². The van der Waals surface area contributed by atoms with Crippen LogP contribution in [0.1, 0.15) is 53.9 Å². The third-order valence-electron chi connectivity index (χ3n) is 5.00. The van der Waals surface area contributed by atoms with Gasteiger partial charge in [0.05, 0.1) is 16.7 Å². The van der Waals surface area contributed by atoms with E-state index in [-0.39, 0.29) is 35.3 Å². The molecule has 0 saturated heterocycles. The van der Waals surface area contributed by atoms with Crippen LogP contribution in [0, 0.1) is 11.3 Å². The van der Waals surface area contributed by atoms with Gasteiger partial charge in [0.25, 0.3) is 0 Å². The molecule has 0 bridgehead atoms. The number of nitrogens with one attached hydrogen (secondary N) is 1. The predicted molar refractivity (Wildman–Crippen MR) is 109 cm³/mol. The molecule has 1 heterocycles. The van der Waals surface area contributed by atoms with Gasteiger partial charge in [0.2, 0.25) is 10.0 Å². The van der Waals surface area contributed by atoms with Crippen LogP contribution < -0.4 is 9.73 Å². The van der Waals surface area contributed by atoms with Crippen molar-refractivity contribution in [3.05, 3.63) is 24.3 Å². The number of ether oxygens (including phenoxy) is 2. The normalized spacial score (nSPS) is 24.8. The fraction of sp³-hybridized carbons (Fsp3) is 0.650. The lowest BCUT2D eigenvalue weighted by atomic mass is 9.71. The van der Waals surface area contributed by atoms with Crippen LogP contribution in [-0.2, 0) is 19.5 Å². The van der Waals surface area contributed by atoms with Crippen LogP contribution in [0.25, 0.3) is 0 Å². The van der Waals surface area contributed by atoms with E-state index < -0.39 is 10.0 Å². The van der Waals surface area contributed by atoms with Gasteiger partial charge in [0, 0.05) is 6.04 Å². The summed E-state index contributed by atoms with van der Waals surface area (Å²) in [6, 6.07) is 6.63. The summed E-state index contributed by atoms with van der Waals surface area (Å²) in [6.07, 6.45) is 3.06. The van der Waals surface area contributed by atoms with E-state index >= 15 is 0 Å². The lowest BCUT2D eigenvalue weighted by Crippen LogP contribution is -2.42. The van der Waals surface area contributed by atoms with Crippen molar-refractivity contribution in [2.24, 2.45) is 16.4 Å². The molecule has 1 fully saturated rings. The lowest BCUT2D eigenvalue weighted by Gasteiger charge is -2.39. The van der Waals surface area contributed by atoms with Gasteiger partial charge in [-0.05, 0) is 68.7 Å². The first-order valence-corrected chi connectivity index (χ1v) is 11.3. The second-order valence-corrected chi connectivity index (χ2v) is 10.6. The number of sulfonamides is 1. The van der Waals surface area contributed by atoms with Crippen molar-refractivity contribution in [1.82, 2.24) is 4.72 Å². The number of benzene rings is 1. The van der Waals surface area contributed by atoms with E-state index in [0.717, 1.165) is 24.9 Å². The minimum atomic E-state index is -3.56. The smallest absolute Gasteiger partial charge is 0.408 e. The molecular formula is C20H31N3O4S. The number of anilines is 1. The molecule has 0 aromatic heterocycles. The first-order chi connectivity index (χ1) is 13.0. The van der Waals surface area contributed by atoms with Crippen LogP contribution in [0.2, 0.25) is 0 Å². The highest BCUT2D eigenvalue weighted by Gasteiger charge is 2.34. The molecule has 156 valence electrons. The quantitative estimate of drug-likeness (QED) is 0.803. The third kappa shape index (κ3) is 5.17. The van der Waals surface area contributed by atoms with Gasteiger partial charge in [-0.2, -0.15) is 0 Å². The molecule has 1 aromatic carbocycles. The first kappa shape index (κ1) is 20.9. The molecular weight excluding hydrogens is 378 g/mol. The molecule has 2 aliphatic rings. The van der Waals surface area contributed by atoms with E-state index in [2.05, 4.69) is 30.6 Å². The molecule has 0 amide bonds. The van der Waals surface area contributed by atoms with Crippen LogP contribution in [0.15, 0.2) is 34.3 Å². The monoisotopic (exact) mass is 409 g/mol. The Bertz CT molecular complexity index is 818. The van der Waals surface area contributed by atoms with Gasteiger partial charge in [-0.1, -0.05) is 25.9 Å². The molecule has 2 unspecified atom stereocenters. The molecule has 8 heteroatoms. The molecule has 7 nitrogen and oxygen atoms in total. The summed E-state index contributed by atoms with van der Waals surface area (Å²) in [5.41, 5.74) is 0.895. The molecule has 1 N–H and O–H groups in total. The van der Waals surface area contributed by atoms with E-state index in [9.17, 15) is 8.42 Å². The Hall–Kier alpha value is -1.80. The van der Waals surface area contributed by atoms with Crippen LogP contribution in [0.3, 0.4) is 0 Å². The van der Waals surface area contributed by atoms with Crippen molar-refractivity contribution in [2.45, 2.75) is 70.9 Å². The van der Waals surface area contributed by atoms with Gasteiger partial charge in [-0.25, -0.2) is 18.1 Å². The van der Waals surface area contributed by atoms with Crippen molar-refractivity contribution >= 4 is 21.8 Å². The zero-order valence-electron chi connectivity index (χ0n) is 17.3.